The minimum atomic E-state index is -1.14. The number of carboxylic acid groups (broad SMARTS) is 1. The summed E-state index contributed by atoms with van der Waals surface area (Å²) in [4.78, 5) is 52.9. The van der Waals surface area contributed by atoms with Gasteiger partial charge in [-0.1, -0.05) is 33.8 Å². The molecule has 2 fully saturated rings. The number of hydrogen-bond donors (Lipinski definition) is 3. The van der Waals surface area contributed by atoms with Gasteiger partial charge >= 0.3 is 12.1 Å². The molecule has 10 nitrogen and oxygen atoms in total. The number of amides is 2. The predicted octanol–water partition coefficient (Wildman–Crippen LogP) is 2.26. The molecular formula is C28H37N3O7. The molecule has 0 aromatic heterocycles. The van der Waals surface area contributed by atoms with Crippen LogP contribution in [-0.2, 0) is 26.2 Å². The first kappa shape index (κ1) is 26.5. The molecule has 1 spiro atoms. The third-order valence-electron chi connectivity index (χ3n) is 9.03. The first-order valence-electron chi connectivity index (χ1n) is 13.5. The zero-order chi connectivity index (χ0) is 27.5. The van der Waals surface area contributed by atoms with Crippen molar-refractivity contribution >= 4 is 23.8 Å². The topological polar surface area (TPSA) is 134 Å². The number of ketones is 1. The molecule has 5 rings (SSSR count). The van der Waals surface area contributed by atoms with E-state index in [9.17, 15) is 24.3 Å². The Morgan fingerprint density at radius 3 is 2.50 bits per heavy atom. The van der Waals surface area contributed by atoms with Crippen LogP contribution in [0.15, 0.2) is 12.1 Å². The lowest BCUT2D eigenvalue weighted by Crippen LogP contribution is -2.65. The number of Topliss-reactive ketones (excluding diaryl/α,β-unsaturated/α-hetero) is 1. The van der Waals surface area contributed by atoms with Crippen molar-refractivity contribution in [2.24, 2.45) is 17.8 Å². The lowest BCUT2D eigenvalue weighted by molar-refractivity contribution is -0.143. The van der Waals surface area contributed by atoms with Crippen molar-refractivity contribution in [2.45, 2.75) is 83.0 Å². The summed E-state index contributed by atoms with van der Waals surface area (Å²) in [5, 5.41) is 14.6. The minimum Gasteiger partial charge on any atom is -0.480 e. The fraction of sp³-hybridized carbons (Fsp3) is 0.643. The Bertz CT molecular complexity index is 1180. The summed E-state index contributed by atoms with van der Waals surface area (Å²) in [6, 6.07) is 1.93. The number of nitrogens with one attached hydrogen (secondary N) is 2. The summed E-state index contributed by atoms with van der Waals surface area (Å²) in [6.45, 7) is 7.77. The Morgan fingerprint density at radius 1 is 1.13 bits per heavy atom. The van der Waals surface area contributed by atoms with Crippen LogP contribution in [0.5, 0.6) is 11.5 Å². The van der Waals surface area contributed by atoms with Crippen molar-refractivity contribution < 1.29 is 33.8 Å². The quantitative estimate of drug-likeness (QED) is 0.492. The summed E-state index contributed by atoms with van der Waals surface area (Å²) in [5.74, 6) is -1.31. The van der Waals surface area contributed by atoms with E-state index in [4.69, 9.17) is 9.47 Å². The molecule has 4 aliphatic rings. The third kappa shape index (κ3) is 4.04. The van der Waals surface area contributed by atoms with Gasteiger partial charge in [0.2, 0.25) is 5.91 Å². The van der Waals surface area contributed by atoms with Gasteiger partial charge in [-0.3, -0.25) is 9.59 Å². The fourth-order valence-electron chi connectivity index (χ4n) is 7.14. The van der Waals surface area contributed by atoms with Crippen LogP contribution in [0.4, 0.5) is 4.79 Å². The van der Waals surface area contributed by atoms with Crippen molar-refractivity contribution in [2.75, 3.05) is 13.6 Å². The van der Waals surface area contributed by atoms with E-state index >= 15 is 0 Å². The van der Waals surface area contributed by atoms with Gasteiger partial charge in [0.1, 0.15) is 12.1 Å². The van der Waals surface area contributed by atoms with Gasteiger partial charge in [0.15, 0.2) is 23.4 Å². The fourth-order valence-corrected chi connectivity index (χ4v) is 7.14. The van der Waals surface area contributed by atoms with Crippen molar-refractivity contribution in [3.8, 4) is 11.5 Å². The van der Waals surface area contributed by atoms with E-state index < -0.39 is 41.6 Å². The molecule has 2 aliphatic carbocycles. The maximum Gasteiger partial charge on any atom is 0.413 e. The molecule has 1 saturated heterocycles. The second-order valence-corrected chi connectivity index (χ2v) is 11.9. The van der Waals surface area contributed by atoms with E-state index in [0.29, 0.717) is 24.1 Å². The molecule has 10 heteroatoms. The molecule has 2 amide bonds. The number of hydrogen-bond acceptors (Lipinski definition) is 7. The molecule has 2 bridgehead atoms. The molecule has 1 saturated carbocycles. The second kappa shape index (κ2) is 9.55. The molecule has 0 radical (unpaired) electrons. The molecule has 2 heterocycles. The van der Waals surface area contributed by atoms with Crippen LogP contribution in [0.1, 0.15) is 58.1 Å². The number of carbonyl (C=O) groups excluding carboxylic acids is 3. The highest BCUT2D eigenvalue weighted by molar-refractivity contribution is 5.91. The zero-order valence-corrected chi connectivity index (χ0v) is 22.6. The highest BCUT2D eigenvalue weighted by atomic mass is 16.6. The normalized spacial score (nSPS) is 28.8. The first-order chi connectivity index (χ1) is 18.0. The van der Waals surface area contributed by atoms with Crippen LogP contribution in [-0.4, -0.2) is 71.6 Å². The number of likely N-dealkylation sites (N-methyl/N-ethyl adjacent to an activating group) is 1. The van der Waals surface area contributed by atoms with Crippen LogP contribution in [0.3, 0.4) is 0 Å². The van der Waals surface area contributed by atoms with Crippen molar-refractivity contribution in [3.05, 3.63) is 23.3 Å². The molecule has 1 aromatic rings. The van der Waals surface area contributed by atoms with Crippen LogP contribution in [0, 0.1) is 17.8 Å². The molecule has 4 unspecified atom stereocenters. The lowest BCUT2D eigenvalue weighted by atomic mass is 9.52. The monoisotopic (exact) mass is 527 g/mol. The number of nitrogens with zero attached hydrogens (tertiary/aromatic N) is 1. The van der Waals surface area contributed by atoms with Crippen molar-refractivity contribution in [1.29, 1.82) is 0 Å². The van der Waals surface area contributed by atoms with Gasteiger partial charge < -0.3 is 30.1 Å². The van der Waals surface area contributed by atoms with Crippen LogP contribution in [0.25, 0.3) is 0 Å². The summed E-state index contributed by atoms with van der Waals surface area (Å²) in [7, 11) is 2.15. The van der Waals surface area contributed by atoms with Crippen molar-refractivity contribution in [3.63, 3.8) is 0 Å². The highest BCUT2D eigenvalue weighted by Gasteiger charge is 2.65. The molecule has 3 N–H and O–H groups in total. The van der Waals surface area contributed by atoms with E-state index in [1.165, 1.54) is 0 Å². The third-order valence-corrected chi connectivity index (χ3v) is 9.03. The smallest absolute Gasteiger partial charge is 0.413 e. The summed E-state index contributed by atoms with van der Waals surface area (Å²) >= 11 is 0. The second-order valence-electron chi connectivity index (χ2n) is 11.9. The van der Waals surface area contributed by atoms with Crippen molar-refractivity contribution in [1.82, 2.24) is 15.5 Å². The maximum absolute atomic E-state index is 13.1. The Labute approximate surface area is 222 Å². The Morgan fingerprint density at radius 2 is 1.84 bits per heavy atom. The predicted molar refractivity (Wildman–Crippen MR) is 137 cm³/mol. The number of aliphatic carboxylic acids is 1. The highest BCUT2D eigenvalue weighted by Crippen LogP contribution is 2.63. The number of rotatable bonds is 7. The zero-order valence-electron chi connectivity index (χ0n) is 22.6. The molecule has 2 aliphatic heterocycles. The molecule has 6 atom stereocenters. The van der Waals surface area contributed by atoms with Crippen LogP contribution < -0.4 is 20.1 Å². The van der Waals surface area contributed by atoms with Crippen LogP contribution >= 0.6 is 0 Å². The number of piperidine rings is 1. The molecular weight excluding hydrogens is 490 g/mol. The van der Waals surface area contributed by atoms with Crippen LogP contribution in [0.2, 0.25) is 0 Å². The van der Waals surface area contributed by atoms with Gasteiger partial charge in [0.25, 0.3) is 0 Å². The first-order valence-corrected chi connectivity index (χ1v) is 13.5. The molecule has 38 heavy (non-hydrogen) atoms. The largest absolute Gasteiger partial charge is 0.480 e. The lowest BCUT2D eigenvalue weighted by Gasteiger charge is -2.57. The SMILES string of the molecule is CC(C)C(NC(=O)[C@H](NC(=O)Oc1ccc2c3c1O[C@H]1C(=O)CCC4C(C2)N(C)CCC341)C(C)C)C(=O)O. The van der Waals surface area contributed by atoms with Gasteiger partial charge in [-0.25, -0.2) is 9.59 Å². The average molecular weight is 528 g/mol. The van der Waals surface area contributed by atoms with Gasteiger partial charge in [-0.15, -0.1) is 0 Å². The van der Waals surface area contributed by atoms with Gasteiger partial charge in [-0.2, -0.15) is 0 Å². The Hall–Kier alpha value is -3.14. The average Bonchev–Trinajstić information content (AvgIpc) is 3.20. The van der Waals surface area contributed by atoms with Gasteiger partial charge in [0, 0.05) is 23.4 Å². The number of carboxylic acids is 1. The Kier molecular flexibility index (Phi) is 6.65. The minimum absolute atomic E-state index is 0.0960. The molecule has 206 valence electrons. The standard InChI is InChI=1S/C28H37N3O7/c1-13(2)21(25(33)29-22(14(3)4)26(34)35)30-27(36)37-19-9-6-15-12-17-16-7-8-18(32)24-28(16,10-11-31(17)5)20(15)23(19)38-24/h6,9,13-14,16-17,21-22,24H,7-8,10-12H2,1-5H3,(H,29,33)(H,30,36)(H,34,35)/t16?,17?,21-,22?,24+,28?/m1/s1. The number of benzene rings is 1. The van der Waals surface area contributed by atoms with E-state index in [-0.39, 0.29) is 23.4 Å². The number of carbonyl (C=O) groups is 4. The number of likely N-dealkylation sites (tertiary alicyclic amines) is 1. The summed E-state index contributed by atoms with van der Waals surface area (Å²) in [6.07, 6.45) is 1.57. The van der Waals surface area contributed by atoms with Gasteiger partial charge in [0.05, 0.1) is 0 Å². The van der Waals surface area contributed by atoms with E-state index in [0.717, 1.165) is 36.9 Å². The van der Waals surface area contributed by atoms with E-state index in [1.54, 1.807) is 33.8 Å². The summed E-state index contributed by atoms with van der Waals surface area (Å²) < 4.78 is 12.1. The maximum atomic E-state index is 13.1. The number of ether oxygens (including phenoxy) is 2. The summed E-state index contributed by atoms with van der Waals surface area (Å²) in [5.41, 5.74) is 1.74. The van der Waals surface area contributed by atoms with E-state index in [2.05, 4.69) is 22.6 Å². The Balaban J connectivity index is 1.40. The molecule has 1 aromatic carbocycles. The van der Waals surface area contributed by atoms with Gasteiger partial charge in [-0.05, 0) is 62.2 Å². The van der Waals surface area contributed by atoms with E-state index in [1.807, 2.05) is 6.07 Å².